The van der Waals surface area contributed by atoms with Crippen molar-refractivity contribution in [1.29, 1.82) is 0 Å². The average Bonchev–Trinajstić information content (AvgIpc) is 3.68. The van der Waals surface area contributed by atoms with Gasteiger partial charge in [0.25, 0.3) is 0 Å². The number of methoxy groups -OCH3 is 1. The average molecular weight is 592 g/mol. The number of hydrogen-bond donors (Lipinski definition) is 3. The number of imide groups is 1. The third-order valence-electron chi connectivity index (χ3n) is 9.41. The SMILES string of the molecule is COc1cc(C2c3sc(=O)[nH]c3SC3C4CC(C5C(=O)N(C(C)C(=O)Nc6ccc(C)cc6)C(=O)C45)C23)ccc1O. The first-order valence-electron chi connectivity index (χ1n) is 13.7. The van der Waals surface area contributed by atoms with E-state index in [1.165, 1.54) is 23.3 Å². The minimum atomic E-state index is -0.939. The molecule has 11 heteroatoms. The van der Waals surface area contributed by atoms with E-state index < -0.39 is 23.8 Å². The number of aromatic hydroxyl groups is 1. The molecule has 1 aromatic heterocycles. The third-order valence-corrected chi connectivity index (χ3v) is 12.0. The topological polar surface area (TPSA) is 129 Å². The molecule has 212 valence electrons. The zero-order chi connectivity index (χ0) is 28.7. The largest absolute Gasteiger partial charge is 0.504 e. The number of likely N-dealkylation sites (tertiary alicyclic amines) is 1. The highest BCUT2D eigenvalue weighted by molar-refractivity contribution is 8.00. The molecular weight excluding hydrogens is 562 g/mol. The summed E-state index contributed by atoms with van der Waals surface area (Å²) in [6.45, 7) is 3.57. The van der Waals surface area contributed by atoms with Gasteiger partial charge in [0.15, 0.2) is 11.5 Å². The van der Waals surface area contributed by atoms with Gasteiger partial charge in [0.05, 0.1) is 24.0 Å². The Bertz CT molecular complexity index is 1650. The fourth-order valence-electron chi connectivity index (χ4n) is 7.68. The second-order valence-electron chi connectivity index (χ2n) is 11.5. The summed E-state index contributed by atoms with van der Waals surface area (Å²) in [6, 6.07) is 11.7. The van der Waals surface area contributed by atoms with Crippen LogP contribution in [-0.4, -0.2) is 51.1 Å². The first-order valence-corrected chi connectivity index (χ1v) is 15.4. The van der Waals surface area contributed by atoms with Gasteiger partial charge in [-0.15, -0.1) is 11.8 Å². The van der Waals surface area contributed by atoms with Crippen LogP contribution in [0.5, 0.6) is 11.5 Å². The van der Waals surface area contributed by atoms with E-state index in [1.807, 2.05) is 25.1 Å². The molecule has 0 radical (unpaired) electrons. The molecule has 3 heterocycles. The number of thiazole rings is 1. The molecule has 3 fully saturated rings. The van der Waals surface area contributed by atoms with Crippen molar-refractivity contribution >= 4 is 46.5 Å². The molecule has 1 saturated heterocycles. The van der Waals surface area contributed by atoms with E-state index in [-0.39, 0.29) is 51.4 Å². The quantitative estimate of drug-likeness (QED) is 0.383. The van der Waals surface area contributed by atoms with E-state index >= 15 is 0 Å². The molecule has 9 nitrogen and oxygen atoms in total. The highest BCUT2D eigenvalue weighted by Gasteiger charge is 2.70. The summed E-state index contributed by atoms with van der Waals surface area (Å²) in [5.74, 6) is -1.86. The molecule has 3 amide bonds. The standard InChI is InChI=1S/C30H29N3O6S2/c1-12-4-7-15(8-5-12)31-26(35)13(2)33-28(36)22-16-11-17(23(22)29(33)37)24-21(16)20(25-27(40-24)32-30(38)41-25)14-6-9-18(34)19(10-14)39-3/h4-10,13,16-17,20-24,34H,11H2,1-3H3,(H,31,35)(H,32,38). The molecule has 3 aromatic rings. The first-order chi connectivity index (χ1) is 19.7. The van der Waals surface area contributed by atoms with Crippen LogP contribution in [0.3, 0.4) is 0 Å². The highest BCUT2D eigenvalue weighted by atomic mass is 32.2. The van der Waals surface area contributed by atoms with Gasteiger partial charge in [-0.1, -0.05) is 35.1 Å². The van der Waals surface area contributed by atoms with Crippen molar-refractivity contribution in [2.45, 2.75) is 42.5 Å². The molecule has 2 aliphatic carbocycles. The molecule has 2 aromatic carbocycles. The lowest BCUT2D eigenvalue weighted by Crippen LogP contribution is -2.46. The van der Waals surface area contributed by atoms with E-state index in [4.69, 9.17) is 4.74 Å². The zero-order valence-corrected chi connectivity index (χ0v) is 24.3. The van der Waals surface area contributed by atoms with Crippen LogP contribution in [0, 0.1) is 36.5 Å². The van der Waals surface area contributed by atoms with Gasteiger partial charge in [-0.05, 0) is 67.9 Å². The molecule has 2 saturated carbocycles. The molecule has 4 aliphatic rings. The van der Waals surface area contributed by atoms with E-state index in [1.54, 1.807) is 43.0 Å². The number of amides is 3. The first kappa shape index (κ1) is 26.3. The Hall–Kier alpha value is -3.57. The smallest absolute Gasteiger partial charge is 0.305 e. The Morgan fingerprint density at radius 2 is 1.80 bits per heavy atom. The van der Waals surface area contributed by atoms with E-state index in [2.05, 4.69) is 10.3 Å². The van der Waals surface area contributed by atoms with Gasteiger partial charge in [0.1, 0.15) is 6.04 Å². The summed E-state index contributed by atoms with van der Waals surface area (Å²) in [5.41, 5.74) is 2.57. The number of carbonyl (C=O) groups excluding carboxylic acids is 3. The third kappa shape index (κ3) is 3.89. The fraction of sp³-hybridized carbons (Fsp3) is 0.400. The van der Waals surface area contributed by atoms with Gasteiger partial charge in [0.2, 0.25) is 17.7 Å². The summed E-state index contributed by atoms with van der Waals surface area (Å²) < 4.78 is 5.39. The zero-order valence-electron chi connectivity index (χ0n) is 22.6. The predicted octanol–water partition coefficient (Wildman–Crippen LogP) is 3.96. The van der Waals surface area contributed by atoms with Crippen molar-refractivity contribution in [2.75, 3.05) is 12.4 Å². The number of hydrogen-bond acceptors (Lipinski definition) is 8. The van der Waals surface area contributed by atoms with Crippen molar-refractivity contribution in [3.8, 4) is 11.5 Å². The van der Waals surface area contributed by atoms with Gasteiger partial charge < -0.3 is 20.1 Å². The van der Waals surface area contributed by atoms with Crippen LogP contribution in [-0.2, 0) is 14.4 Å². The summed E-state index contributed by atoms with van der Waals surface area (Å²) in [7, 11) is 1.49. The van der Waals surface area contributed by atoms with Crippen LogP contribution in [0.2, 0.25) is 0 Å². The summed E-state index contributed by atoms with van der Waals surface area (Å²) in [4.78, 5) is 58.4. The van der Waals surface area contributed by atoms with Gasteiger partial charge in [-0.2, -0.15) is 0 Å². The number of phenols is 1. The maximum absolute atomic E-state index is 14.0. The van der Waals surface area contributed by atoms with Gasteiger partial charge >= 0.3 is 4.87 Å². The normalized spacial score (nSPS) is 30.1. The van der Waals surface area contributed by atoms with Crippen LogP contribution < -0.4 is 14.9 Å². The Morgan fingerprint density at radius 3 is 2.51 bits per heavy atom. The minimum absolute atomic E-state index is 0.00726. The number of phenolic OH excluding ortho intramolecular Hbond substituents is 1. The van der Waals surface area contributed by atoms with Crippen LogP contribution in [0.25, 0.3) is 0 Å². The number of H-pyrrole nitrogens is 1. The molecule has 2 aliphatic heterocycles. The number of rotatable bonds is 5. The van der Waals surface area contributed by atoms with E-state index in [9.17, 15) is 24.3 Å². The van der Waals surface area contributed by atoms with Crippen molar-refractivity contribution in [2.24, 2.45) is 29.6 Å². The Kier molecular flexibility index (Phi) is 6.09. The van der Waals surface area contributed by atoms with Crippen LogP contribution in [0.15, 0.2) is 52.3 Å². The molecule has 2 bridgehead atoms. The second-order valence-corrected chi connectivity index (χ2v) is 13.7. The lowest BCUT2D eigenvalue weighted by molar-refractivity contribution is -0.146. The Morgan fingerprint density at radius 1 is 1.10 bits per heavy atom. The fourth-order valence-corrected chi connectivity index (χ4v) is 10.6. The minimum Gasteiger partial charge on any atom is -0.504 e. The predicted molar refractivity (Wildman–Crippen MR) is 154 cm³/mol. The van der Waals surface area contributed by atoms with Crippen LogP contribution in [0.1, 0.15) is 35.3 Å². The summed E-state index contributed by atoms with van der Waals surface area (Å²) in [5, 5.41) is 13.9. The number of nitrogens with one attached hydrogen (secondary N) is 2. The molecule has 0 spiro atoms. The van der Waals surface area contributed by atoms with Crippen molar-refractivity contribution in [3.05, 3.63) is 68.1 Å². The number of ether oxygens (including phenoxy) is 1. The number of benzene rings is 2. The Labute approximate surface area is 244 Å². The number of anilines is 1. The van der Waals surface area contributed by atoms with Crippen LogP contribution >= 0.6 is 23.1 Å². The van der Waals surface area contributed by atoms with E-state index in [0.29, 0.717) is 11.4 Å². The maximum Gasteiger partial charge on any atom is 0.305 e. The van der Waals surface area contributed by atoms with E-state index in [0.717, 1.165) is 27.5 Å². The van der Waals surface area contributed by atoms with Crippen LogP contribution in [0.4, 0.5) is 5.69 Å². The number of carbonyl (C=O) groups is 3. The number of nitrogens with zero attached hydrogens (tertiary/aromatic N) is 1. The molecule has 7 rings (SSSR count). The molecule has 41 heavy (non-hydrogen) atoms. The summed E-state index contributed by atoms with van der Waals surface area (Å²) in [6.07, 6.45) is 0.748. The van der Waals surface area contributed by atoms with Crippen molar-refractivity contribution in [1.82, 2.24) is 9.88 Å². The molecule has 3 N–H and O–H groups in total. The van der Waals surface area contributed by atoms with Crippen molar-refractivity contribution < 1.29 is 24.2 Å². The highest BCUT2D eigenvalue weighted by Crippen LogP contribution is 2.68. The molecular formula is C30H29N3O6S2. The van der Waals surface area contributed by atoms with Gasteiger partial charge in [0, 0.05) is 21.7 Å². The Balaban J connectivity index is 1.22. The number of aryl methyl sites for hydroxylation is 1. The molecule has 8 unspecified atom stereocenters. The second kappa shape index (κ2) is 9.49. The number of thioether (sulfide) groups is 1. The number of fused-ring (bicyclic) bond motifs is 9. The van der Waals surface area contributed by atoms with Crippen molar-refractivity contribution in [3.63, 3.8) is 0 Å². The number of aromatic amines is 1. The summed E-state index contributed by atoms with van der Waals surface area (Å²) >= 11 is 2.78. The van der Waals surface area contributed by atoms with Gasteiger partial charge in [-0.25, -0.2) is 0 Å². The maximum atomic E-state index is 14.0. The van der Waals surface area contributed by atoms with Gasteiger partial charge in [-0.3, -0.25) is 24.1 Å². The lowest BCUT2D eigenvalue weighted by atomic mass is 9.68. The number of aromatic nitrogens is 1. The monoisotopic (exact) mass is 591 g/mol. The lowest BCUT2D eigenvalue weighted by Gasteiger charge is -2.43. The molecule has 8 atom stereocenters.